The summed E-state index contributed by atoms with van der Waals surface area (Å²) in [7, 11) is 0. The highest BCUT2D eigenvalue weighted by Crippen LogP contribution is 2.52. The number of hydrogen-bond acceptors (Lipinski definition) is 3. The summed E-state index contributed by atoms with van der Waals surface area (Å²) in [6.07, 6.45) is 9.92. The first-order valence-electron chi connectivity index (χ1n) is 9.68. The van der Waals surface area contributed by atoms with Crippen molar-refractivity contribution in [3.8, 4) is 0 Å². The monoisotopic (exact) mass is 349 g/mol. The van der Waals surface area contributed by atoms with Crippen LogP contribution in [0, 0.1) is 17.8 Å². The number of hydrogen-bond donors (Lipinski definition) is 2. The molecule has 134 valence electrons. The zero-order valence-electron chi connectivity index (χ0n) is 14.7. The van der Waals surface area contributed by atoms with Crippen LogP contribution < -0.4 is 10.9 Å². The van der Waals surface area contributed by atoms with Crippen LogP contribution in [0.2, 0.25) is 0 Å². The smallest absolute Gasteiger partial charge is 0.258 e. The van der Waals surface area contributed by atoms with Crippen LogP contribution >= 0.6 is 0 Å². The van der Waals surface area contributed by atoms with Crippen LogP contribution in [0.3, 0.4) is 0 Å². The van der Waals surface area contributed by atoms with Crippen LogP contribution in [0.4, 0.5) is 0 Å². The van der Waals surface area contributed by atoms with Crippen LogP contribution in [0.15, 0.2) is 41.2 Å². The highest BCUT2D eigenvalue weighted by Gasteiger charge is 2.50. The predicted octanol–water partition coefficient (Wildman–Crippen LogP) is 2.89. The van der Waals surface area contributed by atoms with Gasteiger partial charge in [-0.15, -0.1) is 0 Å². The average molecular weight is 349 g/mol. The standard InChI is InChI=1S/C21H23N3O2/c25-20-15-7-3-4-8-16(15)23-19(24-20)17-12-9-10-13(11-12)18(17)21(26)22-14-5-1-2-6-14/h3-4,7-10,12-14,17-18H,1-2,5-6,11H2,(H,22,26)(H,23,24,25)/t12-,13-,17-,18-/m0/s1. The van der Waals surface area contributed by atoms with Gasteiger partial charge < -0.3 is 10.3 Å². The molecule has 2 fully saturated rings. The summed E-state index contributed by atoms with van der Waals surface area (Å²) in [5.74, 6) is 1.16. The fourth-order valence-electron chi connectivity index (χ4n) is 5.18. The van der Waals surface area contributed by atoms with Gasteiger partial charge in [-0.25, -0.2) is 4.98 Å². The minimum atomic E-state index is -0.130. The Morgan fingerprint density at radius 3 is 2.73 bits per heavy atom. The summed E-state index contributed by atoms with van der Waals surface area (Å²) in [6, 6.07) is 7.70. The number of amides is 1. The molecule has 2 aromatic rings. The second-order valence-corrected chi connectivity index (χ2v) is 7.96. The van der Waals surface area contributed by atoms with Crippen molar-refractivity contribution in [3.05, 3.63) is 52.6 Å². The molecule has 1 amide bonds. The molecule has 0 unspecified atom stereocenters. The minimum absolute atomic E-state index is 0.0382. The molecule has 1 aromatic heterocycles. The quantitative estimate of drug-likeness (QED) is 0.837. The van der Waals surface area contributed by atoms with Gasteiger partial charge in [0.1, 0.15) is 5.82 Å². The van der Waals surface area contributed by atoms with Gasteiger partial charge in [-0.2, -0.15) is 0 Å². The van der Waals surface area contributed by atoms with E-state index < -0.39 is 0 Å². The van der Waals surface area contributed by atoms with Gasteiger partial charge in [-0.3, -0.25) is 9.59 Å². The maximum atomic E-state index is 13.1. The number of aromatic nitrogens is 2. The lowest BCUT2D eigenvalue weighted by Gasteiger charge is -2.27. The van der Waals surface area contributed by atoms with Crippen molar-refractivity contribution in [1.29, 1.82) is 0 Å². The molecule has 1 aromatic carbocycles. The number of allylic oxidation sites excluding steroid dienone is 2. The Morgan fingerprint density at radius 1 is 1.12 bits per heavy atom. The molecule has 3 aliphatic carbocycles. The minimum Gasteiger partial charge on any atom is -0.353 e. The summed E-state index contributed by atoms with van der Waals surface area (Å²) < 4.78 is 0. The number of H-pyrrole nitrogens is 1. The van der Waals surface area contributed by atoms with Crippen LogP contribution in [0.5, 0.6) is 0 Å². The van der Waals surface area contributed by atoms with Crippen molar-refractivity contribution in [2.75, 3.05) is 0 Å². The van der Waals surface area contributed by atoms with E-state index in [0.717, 1.165) is 19.3 Å². The third-order valence-electron chi connectivity index (χ3n) is 6.41. The third kappa shape index (κ3) is 2.49. The molecule has 0 aliphatic heterocycles. The molecule has 0 saturated heterocycles. The maximum Gasteiger partial charge on any atom is 0.258 e. The molecular formula is C21H23N3O2. The molecule has 2 N–H and O–H groups in total. The normalized spacial score (nSPS) is 30.3. The maximum absolute atomic E-state index is 13.1. The molecule has 5 rings (SSSR count). The predicted molar refractivity (Wildman–Crippen MR) is 99.7 cm³/mol. The fraction of sp³-hybridized carbons (Fsp3) is 0.476. The Kier molecular flexibility index (Phi) is 3.69. The molecule has 2 saturated carbocycles. The largest absolute Gasteiger partial charge is 0.353 e. The summed E-state index contributed by atoms with van der Waals surface area (Å²) in [5, 5.41) is 3.86. The first-order valence-corrected chi connectivity index (χ1v) is 9.68. The molecule has 1 heterocycles. The Labute approximate surface area is 151 Å². The molecule has 26 heavy (non-hydrogen) atoms. The third-order valence-corrected chi connectivity index (χ3v) is 6.41. The first-order chi connectivity index (χ1) is 12.7. The zero-order chi connectivity index (χ0) is 17.7. The van der Waals surface area contributed by atoms with E-state index in [0.29, 0.717) is 22.8 Å². The second-order valence-electron chi connectivity index (χ2n) is 7.96. The van der Waals surface area contributed by atoms with Crippen molar-refractivity contribution in [2.24, 2.45) is 17.8 Å². The number of fused-ring (bicyclic) bond motifs is 3. The van der Waals surface area contributed by atoms with Gasteiger partial charge in [0.15, 0.2) is 0 Å². The summed E-state index contributed by atoms with van der Waals surface area (Å²) in [4.78, 5) is 33.3. The summed E-state index contributed by atoms with van der Waals surface area (Å²) in [6.45, 7) is 0. The van der Waals surface area contributed by atoms with Crippen molar-refractivity contribution < 1.29 is 4.79 Å². The van der Waals surface area contributed by atoms with Crippen LogP contribution in [-0.4, -0.2) is 21.9 Å². The Morgan fingerprint density at radius 2 is 1.88 bits per heavy atom. The van der Waals surface area contributed by atoms with Gasteiger partial charge in [0.25, 0.3) is 5.56 Å². The molecule has 5 heteroatoms. The van der Waals surface area contributed by atoms with E-state index in [-0.39, 0.29) is 35.1 Å². The van der Waals surface area contributed by atoms with Gasteiger partial charge in [-0.1, -0.05) is 37.1 Å². The van der Waals surface area contributed by atoms with Crippen molar-refractivity contribution in [1.82, 2.24) is 15.3 Å². The Hall–Kier alpha value is -2.43. The lowest BCUT2D eigenvalue weighted by atomic mass is 9.81. The SMILES string of the molecule is O=C(NC1CCCC1)[C@@H]1[C@@H](c2nc3ccccc3c(=O)[nH]2)[C@H]2C=C[C@H]1C2. The highest BCUT2D eigenvalue weighted by atomic mass is 16.2. The number of carbonyl (C=O) groups is 1. The Bertz CT molecular complexity index is 942. The fourth-order valence-corrected chi connectivity index (χ4v) is 5.18. The van der Waals surface area contributed by atoms with Crippen LogP contribution in [0.1, 0.15) is 43.8 Å². The van der Waals surface area contributed by atoms with Crippen molar-refractivity contribution in [3.63, 3.8) is 0 Å². The second kappa shape index (κ2) is 6.08. The number of carbonyl (C=O) groups excluding carboxylic acids is 1. The zero-order valence-corrected chi connectivity index (χ0v) is 14.7. The lowest BCUT2D eigenvalue weighted by molar-refractivity contribution is -0.127. The van der Waals surface area contributed by atoms with Crippen molar-refractivity contribution in [2.45, 2.75) is 44.1 Å². The van der Waals surface area contributed by atoms with E-state index in [1.165, 1.54) is 12.8 Å². The van der Waals surface area contributed by atoms with Crippen LogP contribution in [0.25, 0.3) is 10.9 Å². The molecule has 2 bridgehead atoms. The van der Waals surface area contributed by atoms with E-state index >= 15 is 0 Å². The molecule has 0 radical (unpaired) electrons. The topological polar surface area (TPSA) is 74.8 Å². The first kappa shape index (κ1) is 15.8. The van der Waals surface area contributed by atoms with Gasteiger partial charge in [0.05, 0.1) is 16.8 Å². The molecule has 0 spiro atoms. The van der Waals surface area contributed by atoms with Gasteiger partial charge in [-0.05, 0) is 43.2 Å². The number of benzene rings is 1. The lowest BCUT2D eigenvalue weighted by Crippen LogP contribution is -2.41. The van der Waals surface area contributed by atoms with E-state index in [1.807, 2.05) is 18.2 Å². The van der Waals surface area contributed by atoms with Gasteiger partial charge in [0.2, 0.25) is 5.91 Å². The number of para-hydroxylation sites is 1. The highest BCUT2D eigenvalue weighted by molar-refractivity contribution is 5.82. The van der Waals surface area contributed by atoms with Crippen molar-refractivity contribution >= 4 is 16.8 Å². The summed E-state index contributed by atoms with van der Waals surface area (Å²) >= 11 is 0. The number of aromatic amines is 1. The molecule has 4 atom stereocenters. The van der Waals surface area contributed by atoms with Crippen LogP contribution in [-0.2, 0) is 4.79 Å². The van der Waals surface area contributed by atoms with E-state index in [9.17, 15) is 9.59 Å². The van der Waals surface area contributed by atoms with Gasteiger partial charge >= 0.3 is 0 Å². The molecular weight excluding hydrogens is 326 g/mol. The molecule has 5 nitrogen and oxygen atoms in total. The van der Waals surface area contributed by atoms with E-state index in [4.69, 9.17) is 4.98 Å². The van der Waals surface area contributed by atoms with E-state index in [2.05, 4.69) is 22.5 Å². The number of nitrogens with zero attached hydrogens (tertiary/aromatic N) is 1. The Balaban J connectivity index is 1.51. The average Bonchev–Trinajstić information content (AvgIpc) is 3.38. The van der Waals surface area contributed by atoms with Gasteiger partial charge in [0, 0.05) is 12.0 Å². The number of rotatable bonds is 3. The number of nitrogens with one attached hydrogen (secondary N) is 2. The summed E-state index contributed by atoms with van der Waals surface area (Å²) in [5.41, 5.74) is 0.584. The van der Waals surface area contributed by atoms with E-state index in [1.54, 1.807) is 6.07 Å². The molecule has 3 aliphatic rings.